The van der Waals surface area contributed by atoms with Gasteiger partial charge in [-0.05, 0) is 69.7 Å². The van der Waals surface area contributed by atoms with Gasteiger partial charge in [-0.1, -0.05) is 54.1 Å². The van der Waals surface area contributed by atoms with E-state index < -0.39 is 59.2 Å². The number of nitrogens with two attached hydrogens (primary N) is 1. The third kappa shape index (κ3) is 10.9. The lowest BCUT2D eigenvalue weighted by Gasteiger charge is -2.45. The standard InChI is InChI=1S/C32H41ClN4O6.C2HF3O2/c1-21(34)29(41)37-26(19-43-31(37,2)3)28(40)35-32(18-23-10-12-25(33)13-11-23)14-7-15-36(20-32)30(42)24(17-27(38)39)16-22-8-5-4-6-9-22;3-2(4,5)1(6)7/h4-6,8-13,21,24,26H,7,14-20,34H2,1-3H3,(H,35,40)(H,38,39);(H,6,7)/t21-,24?,26-,32+;/m0./s1. The van der Waals surface area contributed by atoms with E-state index in [9.17, 15) is 37.5 Å². The Hall–Kier alpha value is -4.21. The zero-order valence-electron chi connectivity index (χ0n) is 27.9. The largest absolute Gasteiger partial charge is 0.490 e. The maximum atomic E-state index is 14.0. The van der Waals surface area contributed by atoms with Crippen LogP contribution >= 0.6 is 11.6 Å². The Bertz CT molecular complexity index is 1520. The molecule has 0 radical (unpaired) electrons. The van der Waals surface area contributed by atoms with Crippen molar-refractivity contribution < 1.29 is 52.1 Å². The lowest BCUT2D eigenvalue weighted by atomic mass is 9.81. The van der Waals surface area contributed by atoms with Crippen LogP contribution in [0.1, 0.15) is 51.2 Å². The summed E-state index contributed by atoms with van der Waals surface area (Å²) in [5.74, 6) is -5.62. The summed E-state index contributed by atoms with van der Waals surface area (Å²) in [4.78, 5) is 64.7. The number of halogens is 4. The minimum atomic E-state index is -5.08. The second kappa shape index (κ2) is 16.7. The van der Waals surface area contributed by atoms with Crippen molar-refractivity contribution in [3.05, 3.63) is 70.7 Å². The van der Waals surface area contributed by atoms with E-state index in [0.717, 1.165) is 11.1 Å². The molecule has 0 aromatic heterocycles. The molecule has 2 fully saturated rings. The number of aliphatic carboxylic acids is 2. The number of nitrogens with zero attached hydrogens (tertiary/aromatic N) is 2. The third-order valence-corrected chi connectivity index (χ3v) is 8.74. The molecular weight excluding hydrogens is 685 g/mol. The lowest BCUT2D eigenvalue weighted by molar-refractivity contribution is -0.192. The Labute approximate surface area is 292 Å². The summed E-state index contributed by atoms with van der Waals surface area (Å²) in [5.41, 5.74) is 5.81. The molecule has 274 valence electrons. The van der Waals surface area contributed by atoms with E-state index in [4.69, 9.17) is 32.0 Å². The van der Waals surface area contributed by atoms with Crippen LogP contribution in [0.4, 0.5) is 13.2 Å². The number of carbonyl (C=O) groups excluding carboxylic acids is 3. The van der Waals surface area contributed by atoms with Crippen molar-refractivity contribution in [2.24, 2.45) is 11.7 Å². The molecule has 2 saturated heterocycles. The monoisotopic (exact) mass is 726 g/mol. The summed E-state index contributed by atoms with van der Waals surface area (Å²) in [7, 11) is 0. The van der Waals surface area contributed by atoms with Gasteiger partial charge in [0.1, 0.15) is 11.8 Å². The molecule has 2 heterocycles. The molecular formula is C34H42ClF3N4O8. The number of benzene rings is 2. The Morgan fingerprint density at radius 1 is 1.02 bits per heavy atom. The number of carboxylic acids is 2. The van der Waals surface area contributed by atoms with Gasteiger partial charge in [-0.2, -0.15) is 13.2 Å². The first-order chi connectivity index (χ1) is 23.2. The fraction of sp³-hybridized carbons (Fsp3) is 0.500. The summed E-state index contributed by atoms with van der Waals surface area (Å²) < 4.78 is 37.6. The molecule has 2 aliphatic heterocycles. The summed E-state index contributed by atoms with van der Waals surface area (Å²) in [6, 6.07) is 14.9. The zero-order chi connectivity index (χ0) is 37.4. The average molecular weight is 727 g/mol. The molecule has 2 aromatic rings. The van der Waals surface area contributed by atoms with Gasteiger partial charge in [0.15, 0.2) is 0 Å². The number of carbonyl (C=O) groups is 5. The predicted octanol–water partition coefficient (Wildman–Crippen LogP) is 3.64. The van der Waals surface area contributed by atoms with Crippen molar-refractivity contribution in [2.45, 2.75) is 82.4 Å². The van der Waals surface area contributed by atoms with E-state index in [1.54, 1.807) is 37.8 Å². The lowest BCUT2D eigenvalue weighted by Crippen LogP contribution is -2.65. The normalized spacial score (nSPS) is 21.3. The third-order valence-electron chi connectivity index (χ3n) is 8.49. The number of nitrogens with one attached hydrogen (secondary N) is 1. The second-order valence-electron chi connectivity index (χ2n) is 13.0. The molecule has 0 spiro atoms. The molecule has 4 rings (SSSR count). The highest BCUT2D eigenvalue weighted by Crippen LogP contribution is 2.32. The first-order valence-corrected chi connectivity index (χ1v) is 16.3. The van der Waals surface area contributed by atoms with Crippen LogP contribution in [-0.2, 0) is 41.6 Å². The van der Waals surface area contributed by atoms with Crippen LogP contribution in [0.15, 0.2) is 54.6 Å². The van der Waals surface area contributed by atoms with E-state index >= 15 is 0 Å². The molecule has 2 aliphatic rings. The molecule has 0 aliphatic carbocycles. The molecule has 5 N–H and O–H groups in total. The molecule has 0 saturated carbocycles. The van der Waals surface area contributed by atoms with Crippen molar-refractivity contribution >= 4 is 41.3 Å². The van der Waals surface area contributed by atoms with E-state index in [1.165, 1.54) is 4.90 Å². The highest BCUT2D eigenvalue weighted by Gasteiger charge is 2.50. The summed E-state index contributed by atoms with van der Waals surface area (Å²) in [6.45, 7) is 5.65. The van der Waals surface area contributed by atoms with Gasteiger partial charge in [0.05, 0.1) is 30.5 Å². The van der Waals surface area contributed by atoms with Crippen molar-refractivity contribution in [2.75, 3.05) is 19.7 Å². The molecule has 4 atom stereocenters. The number of alkyl halides is 3. The molecule has 2 aromatic carbocycles. The molecule has 12 nitrogen and oxygen atoms in total. The molecule has 1 unspecified atom stereocenters. The Kier molecular flexibility index (Phi) is 13.4. The first kappa shape index (κ1) is 40.2. The zero-order valence-corrected chi connectivity index (χ0v) is 28.7. The fourth-order valence-corrected chi connectivity index (χ4v) is 6.32. The van der Waals surface area contributed by atoms with Gasteiger partial charge in [0.25, 0.3) is 0 Å². The molecule has 0 bridgehead atoms. The van der Waals surface area contributed by atoms with E-state index in [-0.39, 0.29) is 25.5 Å². The average Bonchev–Trinajstić information content (AvgIpc) is 3.36. The van der Waals surface area contributed by atoms with Gasteiger partial charge >= 0.3 is 18.1 Å². The number of carboxylic acid groups (broad SMARTS) is 2. The van der Waals surface area contributed by atoms with Gasteiger partial charge in [0, 0.05) is 18.1 Å². The number of likely N-dealkylation sites (tertiary alicyclic amines) is 1. The van der Waals surface area contributed by atoms with Crippen molar-refractivity contribution in [1.82, 2.24) is 15.1 Å². The van der Waals surface area contributed by atoms with Gasteiger partial charge in [0.2, 0.25) is 17.7 Å². The van der Waals surface area contributed by atoms with Gasteiger partial charge in [-0.3, -0.25) is 24.1 Å². The SMILES string of the molecule is C[C@H](N)C(=O)N1[C@H](C(=O)N[C@@]2(Cc3ccc(Cl)cc3)CCCN(C(=O)C(CC(=O)O)Cc3ccccc3)C2)COC1(C)C.O=C(O)C(F)(F)F. The number of hydrogen-bond donors (Lipinski definition) is 4. The van der Waals surface area contributed by atoms with E-state index in [2.05, 4.69) is 5.32 Å². The van der Waals surface area contributed by atoms with Crippen LogP contribution in [0.3, 0.4) is 0 Å². The van der Waals surface area contributed by atoms with Crippen LogP contribution in [0.5, 0.6) is 0 Å². The predicted molar refractivity (Wildman–Crippen MR) is 176 cm³/mol. The number of rotatable bonds is 10. The quantitative estimate of drug-likeness (QED) is 0.285. The Morgan fingerprint density at radius 3 is 2.16 bits per heavy atom. The van der Waals surface area contributed by atoms with Gasteiger partial charge in [-0.25, -0.2) is 4.79 Å². The minimum absolute atomic E-state index is 0.00866. The summed E-state index contributed by atoms with van der Waals surface area (Å²) in [5, 5.41) is 20.5. The molecule has 3 amide bonds. The maximum absolute atomic E-state index is 14.0. The van der Waals surface area contributed by atoms with E-state index in [1.807, 2.05) is 42.5 Å². The van der Waals surface area contributed by atoms with Gasteiger partial charge in [-0.15, -0.1) is 0 Å². The molecule has 50 heavy (non-hydrogen) atoms. The molecule has 16 heteroatoms. The fourth-order valence-electron chi connectivity index (χ4n) is 6.20. The first-order valence-electron chi connectivity index (χ1n) is 15.9. The summed E-state index contributed by atoms with van der Waals surface area (Å²) in [6.07, 6.45) is -3.52. The van der Waals surface area contributed by atoms with Crippen LogP contribution in [-0.4, -0.2) is 98.9 Å². The smallest absolute Gasteiger partial charge is 0.481 e. The number of ether oxygens (including phenoxy) is 1. The Morgan fingerprint density at radius 2 is 1.62 bits per heavy atom. The maximum Gasteiger partial charge on any atom is 0.490 e. The van der Waals surface area contributed by atoms with Crippen molar-refractivity contribution in [3.8, 4) is 0 Å². The highest BCUT2D eigenvalue weighted by atomic mass is 35.5. The summed E-state index contributed by atoms with van der Waals surface area (Å²) >= 11 is 6.13. The van der Waals surface area contributed by atoms with Gasteiger partial charge < -0.3 is 30.9 Å². The minimum Gasteiger partial charge on any atom is -0.481 e. The van der Waals surface area contributed by atoms with Crippen LogP contribution in [0.25, 0.3) is 0 Å². The van der Waals surface area contributed by atoms with Crippen LogP contribution < -0.4 is 11.1 Å². The van der Waals surface area contributed by atoms with Crippen molar-refractivity contribution in [3.63, 3.8) is 0 Å². The number of piperidine rings is 1. The van der Waals surface area contributed by atoms with Crippen LogP contribution in [0.2, 0.25) is 5.02 Å². The second-order valence-corrected chi connectivity index (χ2v) is 13.4. The van der Waals surface area contributed by atoms with Crippen molar-refractivity contribution in [1.29, 1.82) is 0 Å². The highest BCUT2D eigenvalue weighted by molar-refractivity contribution is 6.30. The Balaban J connectivity index is 0.000000872. The topological polar surface area (TPSA) is 180 Å². The van der Waals surface area contributed by atoms with Crippen LogP contribution in [0, 0.1) is 5.92 Å². The number of hydrogen-bond acceptors (Lipinski definition) is 7. The van der Waals surface area contributed by atoms with E-state index in [0.29, 0.717) is 37.3 Å². The number of amides is 3.